The molecular weight excluding hydrogens is 458 g/mol. The maximum atomic E-state index is 13.6. The second-order valence-electron chi connectivity index (χ2n) is 9.84. The number of carbonyl (C=O) groups is 2. The first-order valence-corrected chi connectivity index (χ1v) is 12.8. The molecular formula is C32H29N3O2. The van der Waals surface area contributed by atoms with E-state index in [0.717, 1.165) is 41.9 Å². The Kier molecular flexibility index (Phi) is 5.97. The number of fused-ring (bicyclic) bond motifs is 3. The van der Waals surface area contributed by atoms with E-state index in [1.165, 1.54) is 5.56 Å². The van der Waals surface area contributed by atoms with E-state index in [9.17, 15) is 9.59 Å². The fraction of sp³-hybridized carbons (Fsp3) is 0.188. The molecule has 37 heavy (non-hydrogen) atoms. The van der Waals surface area contributed by atoms with Gasteiger partial charge in [-0.15, -0.1) is 0 Å². The first kappa shape index (κ1) is 23.0. The molecule has 0 aromatic heterocycles. The normalized spacial score (nSPS) is 16.2. The molecule has 2 aliphatic heterocycles. The molecule has 184 valence electrons. The van der Waals surface area contributed by atoms with E-state index in [1.54, 1.807) is 24.3 Å². The van der Waals surface area contributed by atoms with E-state index in [-0.39, 0.29) is 11.8 Å². The molecule has 1 atom stereocenters. The Hall–Kier alpha value is -4.38. The Balaban J connectivity index is 1.21. The SMILES string of the molecule is Cc1ccc(-c2ccccc2C(=O)Nc2ccc(C(=O)N3C[C@@H]4CCCN4c4ccccc43)cc2)cc1. The molecule has 6 rings (SSSR count). The zero-order valence-corrected chi connectivity index (χ0v) is 20.9. The van der Waals surface area contributed by atoms with Crippen LogP contribution in [0.4, 0.5) is 17.1 Å². The number of nitrogens with one attached hydrogen (secondary N) is 1. The van der Waals surface area contributed by atoms with Crippen LogP contribution < -0.4 is 15.1 Å². The minimum Gasteiger partial charge on any atom is -0.365 e. The van der Waals surface area contributed by atoms with Gasteiger partial charge in [-0.3, -0.25) is 9.59 Å². The van der Waals surface area contributed by atoms with Crippen LogP contribution in [0.1, 0.15) is 39.1 Å². The van der Waals surface area contributed by atoms with Crippen LogP contribution >= 0.6 is 0 Å². The maximum absolute atomic E-state index is 13.6. The van der Waals surface area contributed by atoms with Crippen LogP contribution in [-0.2, 0) is 0 Å². The topological polar surface area (TPSA) is 52.7 Å². The van der Waals surface area contributed by atoms with Gasteiger partial charge in [0.1, 0.15) is 0 Å². The number of aryl methyl sites for hydroxylation is 1. The van der Waals surface area contributed by atoms with Crippen molar-refractivity contribution in [1.82, 2.24) is 0 Å². The minimum absolute atomic E-state index is 0.0124. The van der Waals surface area contributed by atoms with Gasteiger partial charge in [0.15, 0.2) is 0 Å². The quantitative estimate of drug-likeness (QED) is 0.355. The van der Waals surface area contributed by atoms with Crippen LogP contribution in [0.5, 0.6) is 0 Å². The molecule has 4 aromatic rings. The van der Waals surface area contributed by atoms with Crippen LogP contribution in [0.15, 0.2) is 97.1 Å². The van der Waals surface area contributed by atoms with Gasteiger partial charge < -0.3 is 15.1 Å². The van der Waals surface area contributed by atoms with Crippen LogP contribution in [0.2, 0.25) is 0 Å². The lowest BCUT2D eigenvalue weighted by Crippen LogP contribution is -2.48. The van der Waals surface area contributed by atoms with Crippen LogP contribution in [0.3, 0.4) is 0 Å². The Labute approximate surface area is 217 Å². The molecule has 1 N–H and O–H groups in total. The molecule has 5 heteroatoms. The number of hydrogen-bond donors (Lipinski definition) is 1. The third kappa shape index (κ3) is 4.38. The number of anilines is 3. The molecule has 2 amide bonds. The summed E-state index contributed by atoms with van der Waals surface area (Å²) in [4.78, 5) is 31.1. The Morgan fingerprint density at radius 2 is 1.51 bits per heavy atom. The number of carbonyl (C=O) groups excluding carboxylic acids is 2. The summed E-state index contributed by atoms with van der Waals surface area (Å²) >= 11 is 0. The van der Waals surface area contributed by atoms with Crippen LogP contribution in [0.25, 0.3) is 11.1 Å². The first-order valence-electron chi connectivity index (χ1n) is 12.8. The van der Waals surface area contributed by atoms with E-state index in [0.29, 0.717) is 29.4 Å². The van der Waals surface area contributed by atoms with Crippen molar-refractivity contribution in [3.63, 3.8) is 0 Å². The molecule has 4 aromatic carbocycles. The van der Waals surface area contributed by atoms with Gasteiger partial charge in [0.25, 0.3) is 11.8 Å². The largest absolute Gasteiger partial charge is 0.365 e. The van der Waals surface area contributed by atoms with E-state index in [4.69, 9.17) is 0 Å². The van der Waals surface area contributed by atoms with Crippen molar-refractivity contribution < 1.29 is 9.59 Å². The molecule has 0 radical (unpaired) electrons. The van der Waals surface area contributed by atoms with Crippen molar-refractivity contribution >= 4 is 28.9 Å². The predicted octanol–water partition coefficient (Wildman–Crippen LogP) is 6.54. The van der Waals surface area contributed by atoms with Crippen LogP contribution in [0, 0.1) is 6.92 Å². The standard InChI is InChI=1S/C32H29N3O2/c1-22-12-14-23(15-13-22)27-8-2-3-9-28(27)31(36)33-25-18-16-24(17-19-25)32(37)35-21-26-7-6-20-34(26)29-10-4-5-11-30(29)35/h2-5,8-19,26H,6-7,20-21H2,1H3,(H,33,36)/t26-/m0/s1. The summed E-state index contributed by atoms with van der Waals surface area (Å²) in [5, 5.41) is 3.00. The molecule has 0 saturated carbocycles. The average molecular weight is 488 g/mol. The fourth-order valence-electron chi connectivity index (χ4n) is 5.50. The highest BCUT2D eigenvalue weighted by atomic mass is 16.2. The summed E-state index contributed by atoms with van der Waals surface area (Å²) in [6, 6.07) is 31.5. The Morgan fingerprint density at radius 3 is 2.30 bits per heavy atom. The molecule has 5 nitrogen and oxygen atoms in total. The fourth-order valence-corrected chi connectivity index (χ4v) is 5.50. The lowest BCUT2D eigenvalue weighted by Gasteiger charge is -2.40. The lowest BCUT2D eigenvalue weighted by molar-refractivity contribution is 0.0983. The third-order valence-electron chi connectivity index (χ3n) is 7.42. The van der Waals surface area contributed by atoms with Crippen molar-refractivity contribution in [1.29, 1.82) is 0 Å². The highest BCUT2D eigenvalue weighted by Crippen LogP contribution is 2.39. The number of nitrogens with zero attached hydrogens (tertiary/aromatic N) is 2. The molecule has 1 saturated heterocycles. The molecule has 0 bridgehead atoms. The summed E-state index contributed by atoms with van der Waals surface area (Å²) in [7, 11) is 0. The van der Waals surface area contributed by atoms with Crippen molar-refractivity contribution in [3.8, 4) is 11.1 Å². The summed E-state index contributed by atoms with van der Waals surface area (Å²) < 4.78 is 0. The van der Waals surface area contributed by atoms with Gasteiger partial charge in [-0.1, -0.05) is 60.2 Å². The lowest BCUT2D eigenvalue weighted by atomic mass is 9.98. The van der Waals surface area contributed by atoms with Gasteiger partial charge in [0.05, 0.1) is 11.4 Å². The maximum Gasteiger partial charge on any atom is 0.258 e. The highest BCUT2D eigenvalue weighted by Gasteiger charge is 2.36. The van der Waals surface area contributed by atoms with E-state index < -0.39 is 0 Å². The second-order valence-corrected chi connectivity index (χ2v) is 9.84. The number of benzene rings is 4. The van der Waals surface area contributed by atoms with E-state index >= 15 is 0 Å². The smallest absolute Gasteiger partial charge is 0.258 e. The van der Waals surface area contributed by atoms with Crippen molar-refractivity contribution in [2.45, 2.75) is 25.8 Å². The molecule has 0 spiro atoms. The van der Waals surface area contributed by atoms with Gasteiger partial charge in [-0.2, -0.15) is 0 Å². The highest BCUT2D eigenvalue weighted by molar-refractivity contribution is 6.10. The molecule has 2 aliphatic rings. The summed E-state index contributed by atoms with van der Waals surface area (Å²) in [6.07, 6.45) is 2.26. The summed E-state index contributed by atoms with van der Waals surface area (Å²) in [6.45, 7) is 3.79. The van der Waals surface area contributed by atoms with Crippen molar-refractivity contribution in [2.24, 2.45) is 0 Å². The monoisotopic (exact) mass is 487 g/mol. The zero-order chi connectivity index (χ0) is 25.4. The van der Waals surface area contributed by atoms with Gasteiger partial charge in [-0.05, 0) is 73.4 Å². The number of para-hydroxylation sites is 2. The van der Waals surface area contributed by atoms with Gasteiger partial charge in [-0.25, -0.2) is 0 Å². The molecule has 0 aliphatic carbocycles. The average Bonchev–Trinajstić information content (AvgIpc) is 3.42. The minimum atomic E-state index is -0.179. The van der Waals surface area contributed by atoms with Gasteiger partial charge in [0, 0.05) is 35.9 Å². The Morgan fingerprint density at radius 1 is 0.811 bits per heavy atom. The molecule has 2 heterocycles. The number of hydrogen-bond acceptors (Lipinski definition) is 3. The Bertz CT molecular complexity index is 1460. The second kappa shape index (κ2) is 9.58. The van der Waals surface area contributed by atoms with Gasteiger partial charge >= 0.3 is 0 Å². The number of rotatable bonds is 4. The number of amides is 2. The molecule has 1 fully saturated rings. The molecule has 0 unspecified atom stereocenters. The van der Waals surface area contributed by atoms with Gasteiger partial charge in [0.2, 0.25) is 0 Å². The first-order chi connectivity index (χ1) is 18.1. The van der Waals surface area contributed by atoms with Crippen LogP contribution in [-0.4, -0.2) is 30.9 Å². The summed E-state index contributed by atoms with van der Waals surface area (Å²) in [5.41, 5.74) is 7.04. The zero-order valence-electron chi connectivity index (χ0n) is 20.9. The van der Waals surface area contributed by atoms with Crippen molar-refractivity contribution in [2.75, 3.05) is 28.2 Å². The van der Waals surface area contributed by atoms with E-state index in [2.05, 4.69) is 16.3 Å². The predicted molar refractivity (Wildman–Crippen MR) is 149 cm³/mol. The van der Waals surface area contributed by atoms with Crippen molar-refractivity contribution in [3.05, 3.63) is 114 Å². The van der Waals surface area contributed by atoms with E-state index in [1.807, 2.05) is 78.6 Å². The summed E-state index contributed by atoms with van der Waals surface area (Å²) in [5.74, 6) is -0.192. The third-order valence-corrected chi connectivity index (χ3v) is 7.42.